The fourth-order valence-electron chi connectivity index (χ4n) is 6.80. The van der Waals surface area contributed by atoms with E-state index in [1.807, 2.05) is 30.9 Å². The Labute approximate surface area is 259 Å². The van der Waals surface area contributed by atoms with E-state index in [1.54, 1.807) is 19.1 Å². The van der Waals surface area contributed by atoms with Crippen molar-refractivity contribution in [2.45, 2.75) is 77.4 Å². The Hall–Kier alpha value is -3.77. The first-order valence-corrected chi connectivity index (χ1v) is 15.4. The first-order valence-electron chi connectivity index (χ1n) is 15.4. The summed E-state index contributed by atoms with van der Waals surface area (Å²) in [6.07, 6.45) is -2.62. The highest BCUT2D eigenvalue weighted by Crippen LogP contribution is 2.48. The third kappa shape index (κ3) is 7.06. The number of halogens is 3. The standard InChI is InChI=1S/C33H37F3N4O5/c1-19-17-43-18-20(2)40(19)31(42)16-39-12-11-26-25(23-5-4-6-24(13-23)44-33(34,35)36)9-7-22(29(26)15-39)8-10-30(41)27-14-28(27)32-37-21(3)38-45-32/h4-7,9,13,19-20,27-28H,8,10-12,14-18H2,1-3H3/t19-,20-,27?,28-/m1/s1. The number of rotatable bonds is 9. The van der Waals surface area contributed by atoms with Crippen molar-refractivity contribution >= 4 is 11.7 Å². The molecule has 240 valence electrons. The molecule has 2 aromatic carbocycles. The lowest BCUT2D eigenvalue weighted by Crippen LogP contribution is -2.55. The van der Waals surface area contributed by atoms with Crippen molar-refractivity contribution in [3.63, 3.8) is 0 Å². The normalized spacial score (nSPS) is 23.5. The summed E-state index contributed by atoms with van der Waals surface area (Å²) in [5.41, 5.74) is 4.48. The van der Waals surface area contributed by atoms with Crippen LogP contribution in [0.3, 0.4) is 0 Å². The molecule has 1 aromatic heterocycles. The Morgan fingerprint density at radius 3 is 2.58 bits per heavy atom. The van der Waals surface area contributed by atoms with Crippen molar-refractivity contribution in [1.29, 1.82) is 0 Å². The van der Waals surface area contributed by atoms with Gasteiger partial charge in [0.15, 0.2) is 5.82 Å². The number of amides is 1. The van der Waals surface area contributed by atoms with Gasteiger partial charge >= 0.3 is 6.36 Å². The summed E-state index contributed by atoms with van der Waals surface area (Å²) in [5, 5.41) is 3.84. The van der Waals surface area contributed by atoms with Crippen molar-refractivity contribution in [1.82, 2.24) is 19.9 Å². The molecule has 3 heterocycles. The molecule has 1 aliphatic carbocycles. The number of Topliss-reactive ketones (excluding diaryl/α,β-unsaturated/α-hetero) is 1. The third-order valence-electron chi connectivity index (χ3n) is 8.99. The van der Waals surface area contributed by atoms with Crippen LogP contribution in [0.4, 0.5) is 13.2 Å². The fraction of sp³-hybridized carbons (Fsp3) is 0.515. The van der Waals surface area contributed by atoms with E-state index >= 15 is 0 Å². The SMILES string of the molecule is Cc1noc([C@@H]2CC2C(=O)CCc2ccc(-c3cccc(OC(F)(F)F)c3)c3c2CN(CC(=O)N2[C@H](C)COC[C@H]2C)CC3)n1. The van der Waals surface area contributed by atoms with Gasteiger partial charge in [-0.3, -0.25) is 14.5 Å². The lowest BCUT2D eigenvalue weighted by molar-refractivity contribution is -0.274. The van der Waals surface area contributed by atoms with Crippen LogP contribution < -0.4 is 4.74 Å². The number of ether oxygens (including phenoxy) is 2. The lowest BCUT2D eigenvalue weighted by atomic mass is 9.86. The highest BCUT2D eigenvalue weighted by atomic mass is 19.4. The zero-order chi connectivity index (χ0) is 31.9. The maximum atomic E-state index is 13.4. The van der Waals surface area contributed by atoms with Gasteiger partial charge in [0.1, 0.15) is 11.5 Å². The molecule has 1 saturated heterocycles. The third-order valence-corrected chi connectivity index (χ3v) is 8.99. The van der Waals surface area contributed by atoms with Gasteiger partial charge in [-0.25, -0.2) is 0 Å². The largest absolute Gasteiger partial charge is 0.573 e. The molecular weight excluding hydrogens is 589 g/mol. The molecular formula is C33H37F3N4O5. The average molecular weight is 627 g/mol. The van der Waals surface area contributed by atoms with Gasteiger partial charge < -0.3 is 18.9 Å². The van der Waals surface area contributed by atoms with Crippen molar-refractivity contribution in [3.05, 3.63) is 64.8 Å². The minimum absolute atomic E-state index is 0.0139. The minimum atomic E-state index is -4.79. The van der Waals surface area contributed by atoms with E-state index in [0.717, 1.165) is 22.3 Å². The second-order valence-electron chi connectivity index (χ2n) is 12.4. The number of nitrogens with zero attached hydrogens (tertiary/aromatic N) is 4. The van der Waals surface area contributed by atoms with E-state index in [-0.39, 0.29) is 47.9 Å². The number of alkyl halides is 3. The maximum Gasteiger partial charge on any atom is 0.573 e. The lowest BCUT2D eigenvalue weighted by Gasteiger charge is -2.40. The van der Waals surface area contributed by atoms with Crippen LogP contribution in [0.1, 0.15) is 61.0 Å². The smallest absolute Gasteiger partial charge is 0.406 e. The van der Waals surface area contributed by atoms with Gasteiger partial charge in [0.05, 0.1) is 31.8 Å². The number of carbonyl (C=O) groups is 2. The van der Waals surface area contributed by atoms with Gasteiger partial charge in [0, 0.05) is 31.3 Å². The minimum Gasteiger partial charge on any atom is -0.406 e. The summed E-state index contributed by atoms with van der Waals surface area (Å²) in [4.78, 5) is 34.9. The number of hydrogen-bond donors (Lipinski definition) is 0. The zero-order valence-corrected chi connectivity index (χ0v) is 25.6. The number of fused-ring (bicyclic) bond motifs is 1. The summed E-state index contributed by atoms with van der Waals surface area (Å²) in [5.74, 6) is 0.789. The highest BCUT2D eigenvalue weighted by Gasteiger charge is 2.47. The van der Waals surface area contributed by atoms with Crippen LogP contribution >= 0.6 is 0 Å². The Balaban J connectivity index is 1.23. The molecule has 2 fully saturated rings. The number of aromatic nitrogens is 2. The predicted molar refractivity (Wildman–Crippen MR) is 157 cm³/mol. The van der Waals surface area contributed by atoms with Gasteiger partial charge in [0.2, 0.25) is 11.8 Å². The van der Waals surface area contributed by atoms with Gasteiger partial charge in [-0.1, -0.05) is 29.4 Å². The van der Waals surface area contributed by atoms with Crippen LogP contribution in [0.5, 0.6) is 5.75 Å². The molecule has 0 spiro atoms. The summed E-state index contributed by atoms with van der Waals surface area (Å²) >= 11 is 0. The fourth-order valence-corrected chi connectivity index (χ4v) is 6.80. The molecule has 0 N–H and O–H groups in total. The molecule has 3 aliphatic rings. The molecule has 1 amide bonds. The first-order chi connectivity index (χ1) is 21.5. The van der Waals surface area contributed by atoms with E-state index in [2.05, 4.69) is 19.8 Å². The number of carbonyl (C=O) groups excluding carboxylic acids is 2. The van der Waals surface area contributed by atoms with Crippen LogP contribution in [0, 0.1) is 12.8 Å². The summed E-state index contributed by atoms with van der Waals surface area (Å²) in [6, 6.07) is 9.85. The van der Waals surface area contributed by atoms with Crippen LogP contribution in [0.25, 0.3) is 11.1 Å². The van der Waals surface area contributed by atoms with Crippen molar-refractivity contribution in [2.24, 2.45) is 5.92 Å². The van der Waals surface area contributed by atoms with E-state index in [9.17, 15) is 22.8 Å². The zero-order valence-electron chi connectivity index (χ0n) is 25.6. The Bertz CT molecular complexity index is 1560. The van der Waals surface area contributed by atoms with Gasteiger partial charge in [-0.05, 0) is 80.0 Å². The molecule has 45 heavy (non-hydrogen) atoms. The highest BCUT2D eigenvalue weighted by molar-refractivity contribution is 5.85. The average Bonchev–Trinajstić information content (AvgIpc) is 3.67. The summed E-state index contributed by atoms with van der Waals surface area (Å²) < 4.78 is 53.9. The van der Waals surface area contributed by atoms with Crippen molar-refractivity contribution in [3.8, 4) is 16.9 Å². The maximum absolute atomic E-state index is 13.4. The van der Waals surface area contributed by atoms with Crippen molar-refractivity contribution < 1.29 is 36.8 Å². The van der Waals surface area contributed by atoms with E-state index < -0.39 is 6.36 Å². The second-order valence-corrected chi connectivity index (χ2v) is 12.4. The molecule has 6 rings (SSSR count). The quantitative estimate of drug-likeness (QED) is 0.318. The molecule has 3 aromatic rings. The molecule has 12 heteroatoms. The van der Waals surface area contributed by atoms with E-state index in [0.29, 0.717) is 69.3 Å². The predicted octanol–water partition coefficient (Wildman–Crippen LogP) is 5.24. The Morgan fingerprint density at radius 1 is 1.09 bits per heavy atom. The van der Waals surface area contributed by atoms with Crippen molar-refractivity contribution in [2.75, 3.05) is 26.3 Å². The molecule has 4 atom stereocenters. The van der Waals surface area contributed by atoms with Crippen LogP contribution in [-0.4, -0.2) is 76.4 Å². The summed E-state index contributed by atoms with van der Waals surface area (Å²) in [6.45, 7) is 8.10. The molecule has 1 unspecified atom stereocenters. The van der Waals surface area contributed by atoms with E-state index in [4.69, 9.17) is 9.26 Å². The molecule has 0 bridgehead atoms. The monoisotopic (exact) mass is 626 g/mol. The number of aryl methyl sites for hydroxylation is 2. The van der Waals surface area contributed by atoms with Crippen LogP contribution in [0.2, 0.25) is 0 Å². The molecule has 0 radical (unpaired) electrons. The number of ketones is 1. The Morgan fingerprint density at radius 2 is 1.87 bits per heavy atom. The number of morpholine rings is 1. The first kappa shape index (κ1) is 31.2. The molecule has 2 aliphatic heterocycles. The molecule has 9 nitrogen and oxygen atoms in total. The number of benzene rings is 2. The van der Waals surface area contributed by atoms with Gasteiger partial charge in [0.25, 0.3) is 0 Å². The van der Waals surface area contributed by atoms with E-state index in [1.165, 1.54) is 12.1 Å². The summed E-state index contributed by atoms with van der Waals surface area (Å²) in [7, 11) is 0. The van der Waals surface area contributed by atoms with Crippen LogP contribution in [0.15, 0.2) is 40.9 Å². The second kappa shape index (κ2) is 12.6. The van der Waals surface area contributed by atoms with Gasteiger partial charge in [-0.15, -0.1) is 13.2 Å². The Kier molecular flexibility index (Phi) is 8.71. The topological polar surface area (TPSA) is 98.0 Å². The van der Waals surface area contributed by atoms with Gasteiger partial charge in [-0.2, -0.15) is 4.98 Å². The molecule has 1 saturated carbocycles. The number of hydrogen-bond acceptors (Lipinski definition) is 8. The van der Waals surface area contributed by atoms with Crippen LogP contribution in [-0.2, 0) is 33.7 Å².